The molecule has 11 heteroatoms. The van der Waals surface area contributed by atoms with Gasteiger partial charge in [-0.05, 0) is 67.1 Å². The summed E-state index contributed by atoms with van der Waals surface area (Å²) in [7, 11) is -0.405. The normalized spacial score (nSPS) is 17.1. The molecule has 0 unspecified atom stereocenters. The van der Waals surface area contributed by atoms with E-state index in [9.17, 15) is 13.2 Å². The molecule has 1 amide bonds. The van der Waals surface area contributed by atoms with Gasteiger partial charge in [0.25, 0.3) is 5.91 Å². The third-order valence-electron chi connectivity index (χ3n) is 6.95. The van der Waals surface area contributed by atoms with Gasteiger partial charge in [-0.2, -0.15) is 5.10 Å². The van der Waals surface area contributed by atoms with Crippen LogP contribution >= 0.6 is 11.6 Å². The van der Waals surface area contributed by atoms with E-state index >= 15 is 0 Å². The van der Waals surface area contributed by atoms with Crippen molar-refractivity contribution in [3.8, 4) is 5.69 Å². The molecule has 1 aliphatic heterocycles. The molecule has 1 saturated carbocycles. The quantitative estimate of drug-likeness (QED) is 0.452. The molecule has 0 radical (unpaired) electrons. The summed E-state index contributed by atoms with van der Waals surface area (Å²) in [4.78, 5) is 13.0. The lowest BCUT2D eigenvalue weighted by molar-refractivity contribution is -0.197. The summed E-state index contributed by atoms with van der Waals surface area (Å²) in [5.41, 5.74) is 2.63. The van der Waals surface area contributed by atoms with Gasteiger partial charge in [-0.3, -0.25) is 9.10 Å². The third kappa shape index (κ3) is 4.58. The summed E-state index contributed by atoms with van der Waals surface area (Å²) in [6, 6.07) is 10.8. The lowest BCUT2D eigenvalue weighted by atomic mass is 9.97. The fourth-order valence-electron chi connectivity index (χ4n) is 4.65. The van der Waals surface area contributed by atoms with Crippen molar-refractivity contribution < 1.29 is 22.7 Å². The number of amides is 1. The molecule has 1 saturated heterocycles. The number of fused-ring (bicyclic) bond motifs is 1. The van der Waals surface area contributed by atoms with Crippen molar-refractivity contribution >= 4 is 44.1 Å². The first-order chi connectivity index (χ1) is 17.2. The van der Waals surface area contributed by atoms with Gasteiger partial charge < -0.3 is 14.8 Å². The molecule has 0 atom stereocenters. The van der Waals surface area contributed by atoms with Crippen LogP contribution in [0.1, 0.15) is 41.2 Å². The van der Waals surface area contributed by atoms with Crippen molar-refractivity contribution in [2.45, 2.75) is 30.8 Å². The minimum absolute atomic E-state index is 0.230. The number of ether oxygens (including phenoxy) is 2. The van der Waals surface area contributed by atoms with Crippen LogP contribution in [0.4, 0.5) is 5.69 Å². The molecule has 2 fully saturated rings. The zero-order valence-electron chi connectivity index (χ0n) is 20.5. The second kappa shape index (κ2) is 9.33. The SMILES string of the molecule is CNC(=O)c1c2cc(C3CC3)c(N(CCC3(OC)COC3)S(C)(=O)=O)cc2nn1-c1ccc(Cl)cc1. The molecule has 36 heavy (non-hydrogen) atoms. The van der Waals surface area contributed by atoms with E-state index < -0.39 is 15.6 Å². The van der Waals surface area contributed by atoms with Gasteiger partial charge in [-0.25, -0.2) is 13.1 Å². The molecule has 0 spiro atoms. The average molecular weight is 533 g/mol. The van der Waals surface area contributed by atoms with Crippen LogP contribution in [0, 0.1) is 0 Å². The molecule has 9 nitrogen and oxygen atoms in total. The Morgan fingerprint density at radius 3 is 2.50 bits per heavy atom. The molecule has 1 N–H and O–H groups in total. The van der Waals surface area contributed by atoms with Crippen LogP contribution < -0.4 is 9.62 Å². The van der Waals surface area contributed by atoms with E-state index in [0.29, 0.717) is 52.6 Å². The zero-order valence-corrected chi connectivity index (χ0v) is 22.0. The first-order valence-electron chi connectivity index (χ1n) is 11.8. The fraction of sp³-hybridized carbons (Fsp3) is 0.440. The van der Waals surface area contributed by atoms with Gasteiger partial charge >= 0.3 is 0 Å². The van der Waals surface area contributed by atoms with E-state index in [-0.39, 0.29) is 18.4 Å². The average Bonchev–Trinajstić information content (AvgIpc) is 3.60. The monoisotopic (exact) mass is 532 g/mol. The van der Waals surface area contributed by atoms with Crippen molar-refractivity contribution in [3.63, 3.8) is 0 Å². The van der Waals surface area contributed by atoms with Crippen molar-refractivity contribution in [2.75, 3.05) is 44.5 Å². The second-order valence-electron chi connectivity index (χ2n) is 9.48. The Labute approximate surface area is 215 Å². The van der Waals surface area contributed by atoms with E-state index in [1.54, 1.807) is 49.2 Å². The maximum atomic E-state index is 13.0. The molecule has 3 aromatic rings. The maximum absolute atomic E-state index is 13.0. The van der Waals surface area contributed by atoms with Crippen LogP contribution in [0.25, 0.3) is 16.6 Å². The van der Waals surface area contributed by atoms with Crippen LogP contribution in [0.15, 0.2) is 36.4 Å². The standard InChI is InChI=1S/C25H29ClN4O5S/c1-27-24(31)23-20-12-19(16-4-5-16)22(13-21(20)28-30(23)18-8-6-17(26)7-9-18)29(36(3,32)33)11-10-25(34-2)14-35-15-25/h6-9,12-13,16H,4-5,10-11,14-15H2,1-3H3,(H,27,31). The molecule has 1 aromatic heterocycles. The molecular weight excluding hydrogens is 504 g/mol. The number of methoxy groups -OCH3 is 1. The number of sulfonamides is 1. The van der Waals surface area contributed by atoms with Crippen LogP contribution in [-0.4, -0.2) is 69.9 Å². The predicted octanol–water partition coefficient (Wildman–Crippen LogP) is 3.49. The van der Waals surface area contributed by atoms with Gasteiger partial charge in [0.05, 0.1) is 36.4 Å². The highest BCUT2D eigenvalue weighted by molar-refractivity contribution is 7.92. The van der Waals surface area contributed by atoms with Gasteiger partial charge in [-0.15, -0.1) is 0 Å². The third-order valence-corrected chi connectivity index (χ3v) is 8.38. The van der Waals surface area contributed by atoms with Crippen molar-refractivity contribution in [1.82, 2.24) is 15.1 Å². The second-order valence-corrected chi connectivity index (χ2v) is 11.8. The maximum Gasteiger partial charge on any atom is 0.270 e. The highest BCUT2D eigenvalue weighted by atomic mass is 35.5. The Hall–Kier alpha value is -2.66. The molecule has 5 rings (SSSR count). The Balaban J connectivity index is 1.66. The first kappa shape index (κ1) is 25.0. The highest BCUT2D eigenvalue weighted by Crippen LogP contribution is 2.47. The van der Waals surface area contributed by atoms with E-state index in [4.69, 9.17) is 26.2 Å². The Morgan fingerprint density at radius 1 is 1.28 bits per heavy atom. The summed E-state index contributed by atoms with van der Waals surface area (Å²) < 4.78 is 40.0. The largest absolute Gasteiger partial charge is 0.375 e. The van der Waals surface area contributed by atoms with Crippen LogP contribution in [0.2, 0.25) is 5.02 Å². The summed E-state index contributed by atoms with van der Waals surface area (Å²) >= 11 is 6.07. The topological polar surface area (TPSA) is 103 Å². The summed E-state index contributed by atoms with van der Waals surface area (Å²) in [6.45, 7) is 1.13. The number of nitrogens with zero attached hydrogens (tertiary/aromatic N) is 3. The summed E-state index contributed by atoms with van der Waals surface area (Å²) in [5, 5.41) is 8.68. The lowest BCUT2D eigenvalue weighted by Gasteiger charge is -2.41. The number of anilines is 1. The van der Waals surface area contributed by atoms with E-state index in [1.807, 2.05) is 6.07 Å². The van der Waals surface area contributed by atoms with Crippen LogP contribution in [0.5, 0.6) is 0 Å². The number of carbonyl (C=O) groups is 1. The predicted molar refractivity (Wildman–Crippen MR) is 139 cm³/mol. The number of hydrogen-bond acceptors (Lipinski definition) is 6. The summed E-state index contributed by atoms with van der Waals surface area (Å²) in [5.74, 6) is -0.0533. The lowest BCUT2D eigenvalue weighted by Crippen LogP contribution is -2.53. The van der Waals surface area contributed by atoms with E-state index in [1.165, 1.54) is 10.6 Å². The minimum atomic E-state index is -3.60. The van der Waals surface area contributed by atoms with Crippen LogP contribution in [0.3, 0.4) is 0 Å². The molecule has 2 heterocycles. The van der Waals surface area contributed by atoms with Gasteiger partial charge in [0.15, 0.2) is 0 Å². The van der Waals surface area contributed by atoms with Gasteiger partial charge in [0.1, 0.15) is 11.3 Å². The Bertz CT molecular complexity index is 1410. The Kier molecular flexibility index (Phi) is 6.48. The van der Waals surface area contributed by atoms with Gasteiger partial charge in [0, 0.05) is 31.1 Å². The molecular formula is C25H29ClN4O5S. The molecule has 2 aliphatic rings. The first-order valence-corrected chi connectivity index (χ1v) is 14.0. The van der Waals surface area contributed by atoms with Gasteiger partial charge in [0.2, 0.25) is 10.0 Å². The number of hydrogen-bond donors (Lipinski definition) is 1. The number of nitrogens with one attached hydrogen (secondary N) is 1. The van der Waals surface area contributed by atoms with E-state index in [2.05, 4.69) is 5.32 Å². The molecule has 0 bridgehead atoms. The number of carbonyl (C=O) groups excluding carboxylic acids is 1. The van der Waals surface area contributed by atoms with Crippen molar-refractivity contribution in [3.05, 3.63) is 52.7 Å². The molecule has 2 aromatic carbocycles. The van der Waals surface area contributed by atoms with Crippen molar-refractivity contribution in [1.29, 1.82) is 0 Å². The molecule has 1 aliphatic carbocycles. The van der Waals surface area contributed by atoms with Gasteiger partial charge in [-0.1, -0.05) is 11.6 Å². The fourth-order valence-corrected chi connectivity index (χ4v) is 5.71. The number of rotatable bonds is 9. The Morgan fingerprint density at radius 2 is 1.97 bits per heavy atom. The van der Waals surface area contributed by atoms with Crippen LogP contribution in [-0.2, 0) is 19.5 Å². The highest BCUT2D eigenvalue weighted by Gasteiger charge is 2.40. The number of halogens is 1. The minimum Gasteiger partial charge on any atom is -0.375 e. The number of benzene rings is 2. The van der Waals surface area contributed by atoms with E-state index in [0.717, 1.165) is 18.4 Å². The van der Waals surface area contributed by atoms with Crippen molar-refractivity contribution in [2.24, 2.45) is 0 Å². The number of aromatic nitrogens is 2. The zero-order chi connectivity index (χ0) is 25.7. The summed E-state index contributed by atoms with van der Waals surface area (Å²) in [6.07, 6.45) is 3.65. The molecule has 192 valence electrons. The smallest absolute Gasteiger partial charge is 0.270 e.